The summed E-state index contributed by atoms with van der Waals surface area (Å²) < 4.78 is 2.39. The molecule has 0 N–H and O–H groups in total. The first-order chi connectivity index (χ1) is 10.7. The first-order valence-corrected chi connectivity index (χ1v) is 8.05. The Bertz CT molecular complexity index is 808. The molecule has 1 aliphatic rings. The largest absolute Gasteiger partial charge is 0.347 e. The van der Waals surface area contributed by atoms with Crippen LogP contribution in [0.15, 0.2) is 36.9 Å². The van der Waals surface area contributed by atoms with Crippen LogP contribution in [0.3, 0.4) is 0 Å². The zero-order valence-corrected chi connectivity index (χ0v) is 13.2. The SMILES string of the molecule is Cc1cncc(C)c1Cc1nccc2c1ccn2CC1CC1. The third kappa shape index (κ3) is 2.41. The van der Waals surface area contributed by atoms with Crippen molar-refractivity contribution >= 4 is 10.9 Å². The fraction of sp³-hybridized carbons (Fsp3) is 0.368. The maximum atomic E-state index is 4.66. The van der Waals surface area contributed by atoms with E-state index in [1.54, 1.807) is 0 Å². The first kappa shape index (κ1) is 13.5. The van der Waals surface area contributed by atoms with Crippen LogP contribution < -0.4 is 0 Å². The minimum Gasteiger partial charge on any atom is -0.347 e. The van der Waals surface area contributed by atoms with E-state index in [-0.39, 0.29) is 0 Å². The van der Waals surface area contributed by atoms with Crippen molar-refractivity contribution in [1.82, 2.24) is 14.5 Å². The Balaban J connectivity index is 1.74. The van der Waals surface area contributed by atoms with Crippen molar-refractivity contribution in [3.05, 3.63) is 59.3 Å². The van der Waals surface area contributed by atoms with Gasteiger partial charge in [-0.3, -0.25) is 9.97 Å². The molecule has 1 fully saturated rings. The highest BCUT2D eigenvalue weighted by Crippen LogP contribution is 2.32. The molecule has 3 aromatic rings. The smallest absolute Gasteiger partial charge is 0.0541 e. The van der Waals surface area contributed by atoms with E-state index in [2.05, 4.69) is 46.7 Å². The molecule has 112 valence electrons. The van der Waals surface area contributed by atoms with E-state index in [1.165, 1.54) is 46.1 Å². The topological polar surface area (TPSA) is 30.7 Å². The monoisotopic (exact) mass is 291 g/mol. The molecule has 0 atom stereocenters. The van der Waals surface area contributed by atoms with Gasteiger partial charge in [0.05, 0.1) is 11.2 Å². The molecule has 3 heteroatoms. The van der Waals surface area contributed by atoms with Gasteiger partial charge in [-0.1, -0.05) is 0 Å². The summed E-state index contributed by atoms with van der Waals surface area (Å²) in [6.07, 6.45) is 11.7. The Kier molecular flexibility index (Phi) is 3.21. The molecule has 3 nitrogen and oxygen atoms in total. The van der Waals surface area contributed by atoms with Crippen LogP contribution in [0.2, 0.25) is 0 Å². The molecular formula is C19H21N3. The number of aryl methyl sites for hydroxylation is 2. The second kappa shape index (κ2) is 5.24. The summed E-state index contributed by atoms with van der Waals surface area (Å²) in [4.78, 5) is 8.93. The van der Waals surface area contributed by atoms with Crippen LogP contribution in [0.5, 0.6) is 0 Å². The highest BCUT2D eigenvalue weighted by molar-refractivity contribution is 5.82. The van der Waals surface area contributed by atoms with E-state index in [0.29, 0.717) is 0 Å². The summed E-state index contributed by atoms with van der Waals surface area (Å²) in [5.74, 6) is 0.886. The predicted molar refractivity (Wildman–Crippen MR) is 89.0 cm³/mol. The molecule has 1 aliphatic carbocycles. The molecule has 0 unspecified atom stereocenters. The van der Waals surface area contributed by atoms with E-state index in [0.717, 1.165) is 18.9 Å². The Hall–Kier alpha value is -2.16. The van der Waals surface area contributed by atoms with Crippen LogP contribution in [0.25, 0.3) is 10.9 Å². The molecule has 22 heavy (non-hydrogen) atoms. The van der Waals surface area contributed by atoms with E-state index in [4.69, 9.17) is 0 Å². The van der Waals surface area contributed by atoms with E-state index in [9.17, 15) is 0 Å². The average Bonchev–Trinajstić information content (AvgIpc) is 3.23. The Morgan fingerprint density at radius 1 is 1.14 bits per heavy atom. The van der Waals surface area contributed by atoms with Gasteiger partial charge in [0.25, 0.3) is 0 Å². The van der Waals surface area contributed by atoms with Crippen molar-refractivity contribution < 1.29 is 0 Å². The summed E-state index contributed by atoms with van der Waals surface area (Å²) in [6, 6.07) is 4.37. The Morgan fingerprint density at radius 2 is 1.91 bits per heavy atom. The van der Waals surface area contributed by atoms with Crippen LogP contribution in [-0.2, 0) is 13.0 Å². The van der Waals surface area contributed by atoms with Crippen molar-refractivity contribution in [2.24, 2.45) is 5.92 Å². The summed E-state index contributed by atoms with van der Waals surface area (Å²) >= 11 is 0. The van der Waals surface area contributed by atoms with Gasteiger partial charge in [-0.25, -0.2) is 0 Å². The van der Waals surface area contributed by atoms with Crippen LogP contribution in [-0.4, -0.2) is 14.5 Å². The van der Waals surface area contributed by atoms with Crippen LogP contribution >= 0.6 is 0 Å². The van der Waals surface area contributed by atoms with Crippen molar-refractivity contribution in [2.75, 3.05) is 0 Å². The molecule has 1 saturated carbocycles. The van der Waals surface area contributed by atoms with Crippen molar-refractivity contribution in [2.45, 2.75) is 39.7 Å². The van der Waals surface area contributed by atoms with E-state index >= 15 is 0 Å². The number of pyridine rings is 2. The molecule has 3 heterocycles. The fourth-order valence-corrected chi connectivity index (χ4v) is 3.23. The van der Waals surface area contributed by atoms with Gasteiger partial charge in [0.2, 0.25) is 0 Å². The Labute approximate surface area is 131 Å². The normalized spacial score (nSPS) is 14.6. The lowest BCUT2D eigenvalue weighted by atomic mass is 10.00. The number of fused-ring (bicyclic) bond motifs is 1. The lowest BCUT2D eigenvalue weighted by molar-refractivity contribution is 0.647. The van der Waals surface area contributed by atoms with Crippen LogP contribution in [0.4, 0.5) is 0 Å². The van der Waals surface area contributed by atoms with Gasteiger partial charge < -0.3 is 4.57 Å². The number of hydrogen-bond donors (Lipinski definition) is 0. The number of hydrogen-bond acceptors (Lipinski definition) is 2. The molecule has 0 spiro atoms. The summed E-state index contributed by atoms with van der Waals surface area (Å²) in [6.45, 7) is 5.42. The summed E-state index contributed by atoms with van der Waals surface area (Å²) in [5, 5.41) is 1.29. The molecule has 4 rings (SSSR count). The van der Waals surface area contributed by atoms with E-state index < -0.39 is 0 Å². The molecule has 0 saturated heterocycles. The molecule has 0 bridgehead atoms. The van der Waals surface area contributed by atoms with Gasteiger partial charge in [0.1, 0.15) is 0 Å². The lowest BCUT2D eigenvalue weighted by Gasteiger charge is -2.10. The van der Waals surface area contributed by atoms with Crippen LogP contribution in [0, 0.1) is 19.8 Å². The standard InChI is InChI=1S/C19H21N3/c1-13-10-20-11-14(2)17(13)9-18-16-6-8-22(12-15-3-4-15)19(16)5-7-21-18/h5-8,10-11,15H,3-4,9,12H2,1-2H3. The molecule has 3 aromatic heterocycles. The first-order valence-electron chi connectivity index (χ1n) is 8.05. The van der Waals surface area contributed by atoms with Crippen molar-refractivity contribution in [3.63, 3.8) is 0 Å². The number of rotatable bonds is 4. The lowest BCUT2D eigenvalue weighted by Crippen LogP contribution is -2.01. The van der Waals surface area contributed by atoms with Gasteiger partial charge in [-0.05, 0) is 61.4 Å². The minimum atomic E-state index is 0.880. The summed E-state index contributed by atoms with van der Waals surface area (Å²) in [7, 11) is 0. The van der Waals surface area contributed by atoms with Gasteiger partial charge in [0, 0.05) is 43.1 Å². The third-order valence-electron chi connectivity index (χ3n) is 4.76. The fourth-order valence-electron chi connectivity index (χ4n) is 3.23. The highest BCUT2D eigenvalue weighted by Gasteiger charge is 2.22. The molecule has 0 amide bonds. The molecule has 0 aromatic carbocycles. The van der Waals surface area contributed by atoms with Crippen molar-refractivity contribution in [1.29, 1.82) is 0 Å². The molecular weight excluding hydrogens is 270 g/mol. The van der Waals surface area contributed by atoms with Crippen molar-refractivity contribution in [3.8, 4) is 0 Å². The Morgan fingerprint density at radius 3 is 2.64 bits per heavy atom. The van der Waals surface area contributed by atoms with Gasteiger partial charge >= 0.3 is 0 Å². The quantitative estimate of drug-likeness (QED) is 0.726. The minimum absolute atomic E-state index is 0.880. The molecule has 0 radical (unpaired) electrons. The third-order valence-corrected chi connectivity index (χ3v) is 4.76. The van der Waals surface area contributed by atoms with Gasteiger partial charge in [-0.15, -0.1) is 0 Å². The highest BCUT2D eigenvalue weighted by atomic mass is 15.0. The number of nitrogens with zero attached hydrogens (tertiary/aromatic N) is 3. The predicted octanol–water partition coefficient (Wildman–Crippen LogP) is 4.05. The zero-order valence-electron chi connectivity index (χ0n) is 13.2. The number of aromatic nitrogens is 3. The van der Waals surface area contributed by atoms with Crippen LogP contribution in [0.1, 0.15) is 35.2 Å². The van der Waals surface area contributed by atoms with Gasteiger partial charge in [0.15, 0.2) is 0 Å². The molecule has 0 aliphatic heterocycles. The second-order valence-electron chi connectivity index (χ2n) is 6.53. The average molecular weight is 291 g/mol. The summed E-state index contributed by atoms with van der Waals surface area (Å²) in [5.41, 5.74) is 6.34. The maximum Gasteiger partial charge on any atom is 0.0541 e. The van der Waals surface area contributed by atoms with Gasteiger partial charge in [-0.2, -0.15) is 0 Å². The van der Waals surface area contributed by atoms with E-state index in [1.807, 2.05) is 18.6 Å². The second-order valence-corrected chi connectivity index (χ2v) is 6.53. The maximum absolute atomic E-state index is 4.66. The zero-order chi connectivity index (χ0) is 15.1.